The highest BCUT2D eigenvalue weighted by Crippen LogP contribution is 2.67. The minimum Gasteiger partial charge on any atom is -0.393 e. The van der Waals surface area contributed by atoms with Gasteiger partial charge in [0.25, 0.3) is 0 Å². The third kappa shape index (κ3) is 3.52. The van der Waals surface area contributed by atoms with Crippen LogP contribution in [0.5, 0.6) is 0 Å². The zero-order chi connectivity index (χ0) is 21.8. The van der Waals surface area contributed by atoms with Crippen molar-refractivity contribution in [2.75, 3.05) is 0 Å². The molecule has 4 aliphatic carbocycles. The third-order valence-corrected chi connectivity index (χ3v) is 10.6. The maximum absolute atomic E-state index is 11.1. The smallest absolute Gasteiger partial charge is 0.0658 e. The van der Waals surface area contributed by atoms with Crippen LogP contribution in [0.25, 0.3) is 0 Å². The zero-order valence-corrected chi connectivity index (χ0v) is 20.0. The van der Waals surface area contributed by atoms with Gasteiger partial charge >= 0.3 is 0 Å². The van der Waals surface area contributed by atoms with Crippen LogP contribution in [-0.4, -0.2) is 33.6 Å². The predicted molar refractivity (Wildman–Crippen MR) is 122 cm³/mol. The molecule has 3 N–H and O–H groups in total. The van der Waals surface area contributed by atoms with Crippen molar-refractivity contribution < 1.29 is 15.3 Å². The second kappa shape index (κ2) is 8.19. The van der Waals surface area contributed by atoms with Crippen LogP contribution in [0.2, 0.25) is 0 Å². The molecule has 0 radical (unpaired) electrons. The summed E-state index contributed by atoms with van der Waals surface area (Å²) in [6.07, 6.45) is 11.1. The monoisotopic (exact) mass is 418 g/mol. The average molecular weight is 419 g/mol. The summed E-state index contributed by atoms with van der Waals surface area (Å²) in [4.78, 5) is 0. The summed E-state index contributed by atoms with van der Waals surface area (Å²) in [5, 5.41) is 31.6. The molecule has 0 aromatic carbocycles. The zero-order valence-electron chi connectivity index (χ0n) is 20.0. The standard InChI is InChI=1S/C27H46O3/c1-16(2)24(29)11-6-17(3)21-9-10-22-20-8-7-18-14-19(28)15-25(30)27(18,5)23(20)12-13-26(21,22)4/h7,16-17,19-25,28-30H,6,8-15H2,1-5H3/t17-,19-,20+,21-,22+,23+,24?,25?,26-,27+/m1/s1. The van der Waals surface area contributed by atoms with Crippen molar-refractivity contribution in [2.24, 2.45) is 46.3 Å². The molecule has 0 aromatic heterocycles. The van der Waals surface area contributed by atoms with E-state index in [4.69, 9.17) is 0 Å². The van der Waals surface area contributed by atoms with Crippen molar-refractivity contribution >= 4 is 0 Å². The average Bonchev–Trinajstić information content (AvgIpc) is 3.04. The maximum atomic E-state index is 11.1. The minimum atomic E-state index is -0.404. The van der Waals surface area contributed by atoms with Gasteiger partial charge in [-0.3, -0.25) is 0 Å². The molecule has 0 saturated heterocycles. The molecule has 0 aliphatic heterocycles. The molecule has 0 spiro atoms. The number of fused-ring (bicyclic) bond motifs is 5. The Labute approximate surface area is 184 Å². The number of rotatable bonds is 5. The molecule has 4 aliphatic rings. The summed E-state index contributed by atoms with van der Waals surface area (Å²) in [5.41, 5.74) is 1.61. The largest absolute Gasteiger partial charge is 0.393 e. The Balaban J connectivity index is 1.51. The van der Waals surface area contributed by atoms with Crippen molar-refractivity contribution in [3.8, 4) is 0 Å². The fourth-order valence-electron chi connectivity index (χ4n) is 8.64. The van der Waals surface area contributed by atoms with Crippen molar-refractivity contribution in [3.63, 3.8) is 0 Å². The van der Waals surface area contributed by atoms with E-state index in [1.807, 2.05) is 0 Å². The van der Waals surface area contributed by atoms with Gasteiger partial charge in [0.05, 0.1) is 18.3 Å². The summed E-state index contributed by atoms with van der Waals surface area (Å²) in [6, 6.07) is 0. The third-order valence-electron chi connectivity index (χ3n) is 10.6. The summed E-state index contributed by atoms with van der Waals surface area (Å²) in [7, 11) is 0. The van der Waals surface area contributed by atoms with Crippen molar-refractivity contribution in [1.29, 1.82) is 0 Å². The molecule has 0 amide bonds. The quantitative estimate of drug-likeness (QED) is 0.529. The molecule has 3 saturated carbocycles. The van der Waals surface area contributed by atoms with Crippen LogP contribution in [0.1, 0.15) is 92.4 Å². The van der Waals surface area contributed by atoms with E-state index in [1.165, 1.54) is 31.3 Å². The lowest BCUT2D eigenvalue weighted by atomic mass is 9.46. The number of aliphatic hydroxyl groups excluding tert-OH is 3. The summed E-state index contributed by atoms with van der Waals surface area (Å²) in [5.74, 6) is 3.79. The fraction of sp³-hybridized carbons (Fsp3) is 0.926. The Hall–Kier alpha value is -0.380. The maximum Gasteiger partial charge on any atom is 0.0658 e. The number of aliphatic hydroxyl groups is 3. The Morgan fingerprint density at radius 1 is 1.03 bits per heavy atom. The Morgan fingerprint density at radius 3 is 2.47 bits per heavy atom. The highest BCUT2D eigenvalue weighted by Gasteiger charge is 2.60. The lowest BCUT2D eigenvalue weighted by Crippen LogP contribution is -2.55. The number of allylic oxidation sites excluding steroid dienone is 1. The van der Waals surface area contributed by atoms with Crippen molar-refractivity contribution in [3.05, 3.63) is 11.6 Å². The first-order valence-corrected chi connectivity index (χ1v) is 12.8. The van der Waals surface area contributed by atoms with Gasteiger partial charge in [0.15, 0.2) is 0 Å². The summed E-state index contributed by atoms with van der Waals surface area (Å²) < 4.78 is 0. The SMILES string of the molecule is CC(C)C(O)CC[C@@H](C)[C@H]1CC[C@H]2[C@@H]3CC=C4C[C@@H](O)CC(O)[C@]4(C)[C@H]3CC[C@]12C. The van der Waals surface area contributed by atoms with Crippen LogP contribution in [0.3, 0.4) is 0 Å². The first-order chi connectivity index (χ1) is 14.1. The van der Waals surface area contributed by atoms with Crippen LogP contribution in [0, 0.1) is 46.3 Å². The first-order valence-electron chi connectivity index (χ1n) is 12.8. The van der Waals surface area contributed by atoms with Gasteiger partial charge in [0, 0.05) is 11.8 Å². The van der Waals surface area contributed by atoms with Gasteiger partial charge in [-0.2, -0.15) is 0 Å². The van der Waals surface area contributed by atoms with Gasteiger partial charge in [-0.25, -0.2) is 0 Å². The van der Waals surface area contributed by atoms with Crippen LogP contribution >= 0.6 is 0 Å². The molecule has 10 atom stereocenters. The van der Waals surface area contributed by atoms with Crippen LogP contribution in [0.15, 0.2) is 11.6 Å². The van der Waals surface area contributed by atoms with E-state index in [9.17, 15) is 15.3 Å². The number of hydrogen-bond acceptors (Lipinski definition) is 3. The van der Waals surface area contributed by atoms with E-state index in [1.54, 1.807) is 0 Å². The highest BCUT2D eigenvalue weighted by molar-refractivity contribution is 5.27. The van der Waals surface area contributed by atoms with Crippen molar-refractivity contribution in [1.82, 2.24) is 0 Å². The van der Waals surface area contributed by atoms with E-state index in [2.05, 4.69) is 40.7 Å². The summed E-state index contributed by atoms with van der Waals surface area (Å²) >= 11 is 0. The van der Waals surface area contributed by atoms with E-state index >= 15 is 0 Å². The molecule has 4 rings (SSSR count). The molecule has 0 aromatic rings. The van der Waals surface area contributed by atoms with Crippen LogP contribution < -0.4 is 0 Å². The minimum absolute atomic E-state index is 0.130. The predicted octanol–water partition coefficient (Wildman–Crippen LogP) is 5.33. The van der Waals surface area contributed by atoms with E-state index < -0.39 is 6.10 Å². The summed E-state index contributed by atoms with van der Waals surface area (Å²) in [6.45, 7) is 11.5. The highest BCUT2D eigenvalue weighted by atomic mass is 16.3. The van der Waals surface area contributed by atoms with Gasteiger partial charge in [0.1, 0.15) is 0 Å². The van der Waals surface area contributed by atoms with E-state index in [0.717, 1.165) is 37.5 Å². The van der Waals surface area contributed by atoms with Crippen LogP contribution in [-0.2, 0) is 0 Å². The molecule has 0 heterocycles. The molecular formula is C27H46O3. The molecule has 0 bridgehead atoms. The molecule has 3 heteroatoms. The lowest BCUT2D eigenvalue weighted by Gasteiger charge is -2.59. The van der Waals surface area contributed by atoms with Crippen molar-refractivity contribution in [2.45, 2.75) is 111 Å². The molecule has 2 unspecified atom stereocenters. The normalized spacial score (nSPS) is 47.8. The second-order valence-electron chi connectivity index (χ2n) is 12.3. The lowest BCUT2D eigenvalue weighted by molar-refractivity contribution is -0.108. The first kappa shape index (κ1) is 22.8. The van der Waals surface area contributed by atoms with Gasteiger partial charge in [-0.05, 0) is 92.3 Å². The Kier molecular flexibility index (Phi) is 6.23. The molecule has 172 valence electrons. The van der Waals surface area contributed by atoms with Gasteiger partial charge < -0.3 is 15.3 Å². The fourth-order valence-corrected chi connectivity index (χ4v) is 8.64. The molecule has 3 nitrogen and oxygen atoms in total. The van der Waals surface area contributed by atoms with Gasteiger partial charge in [-0.15, -0.1) is 0 Å². The van der Waals surface area contributed by atoms with Crippen LogP contribution in [0.4, 0.5) is 0 Å². The van der Waals surface area contributed by atoms with Gasteiger partial charge in [-0.1, -0.05) is 46.3 Å². The van der Waals surface area contributed by atoms with Gasteiger partial charge in [0.2, 0.25) is 0 Å². The van der Waals surface area contributed by atoms with E-state index in [-0.39, 0.29) is 17.6 Å². The van der Waals surface area contributed by atoms with E-state index in [0.29, 0.717) is 35.5 Å². The topological polar surface area (TPSA) is 60.7 Å². The molecule has 3 fully saturated rings. The molecule has 30 heavy (non-hydrogen) atoms. The Bertz CT molecular complexity index is 656. The second-order valence-corrected chi connectivity index (χ2v) is 12.3. The molecular weight excluding hydrogens is 372 g/mol. The Morgan fingerprint density at radius 2 is 1.77 bits per heavy atom. The number of hydrogen-bond donors (Lipinski definition) is 3.